The minimum atomic E-state index is -3.97. The number of oxime groups is 1. The maximum atomic E-state index is 13.2. The van der Waals surface area contributed by atoms with Crippen molar-refractivity contribution in [3.05, 3.63) is 48.5 Å². The van der Waals surface area contributed by atoms with Crippen molar-refractivity contribution in [1.82, 2.24) is 24.2 Å². The summed E-state index contributed by atoms with van der Waals surface area (Å²) >= 11 is 0. The smallest absolute Gasteiger partial charge is 0.383 e. The number of carbonyl (C=O) groups is 1. The minimum absolute atomic E-state index is 0.126. The van der Waals surface area contributed by atoms with E-state index < -0.39 is 22.0 Å². The number of para-hydroxylation sites is 2. The van der Waals surface area contributed by atoms with Gasteiger partial charge in [0.2, 0.25) is 11.0 Å². The van der Waals surface area contributed by atoms with Crippen LogP contribution in [0, 0.1) is 0 Å². The summed E-state index contributed by atoms with van der Waals surface area (Å²) in [6.07, 6.45) is 4.64. The van der Waals surface area contributed by atoms with Crippen LogP contribution in [0.1, 0.15) is 29.9 Å². The molecule has 1 saturated heterocycles. The summed E-state index contributed by atoms with van der Waals surface area (Å²) in [6.45, 7) is 0.246. The Morgan fingerprint density at radius 1 is 1.20 bits per heavy atom. The Morgan fingerprint density at radius 3 is 2.73 bits per heavy atom. The number of aromatic nitrogens is 4. The summed E-state index contributed by atoms with van der Waals surface area (Å²) in [5.74, 6) is -1.19. The normalized spacial score (nSPS) is 18.4. The molecule has 0 spiro atoms. The number of sulfonamides is 1. The van der Waals surface area contributed by atoms with Crippen molar-refractivity contribution >= 4 is 32.9 Å². The maximum Gasteiger partial charge on any atom is 0.402 e. The molecular formula is C18H19N7O4S. The van der Waals surface area contributed by atoms with E-state index in [2.05, 4.69) is 25.1 Å². The predicted octanol–water partition coefficient (Wildman–Crippen LogP) is 1.03. The van der Waals surface area contributed by atoms with E-state index in [0.29, 0.717) is 23.9 Å². The molecule has 0 bridgehead atoms. The molecule has 3 aromatic rings. The van der Waals surface area contributed by atoms with Gasteiger partial charge >= 0.3 is 5.97 Å². The lowest BCUT2D eigenvalue weighted by Crippen LogP contribution is -2.50. The molecule has 1 fully saturated rings. The molecule has 1 atom stereocenters. The summed E-state index contributed by atoms with van der Waals surface area (Å²) in [6, 6.07) is 7.82. The average molecular weight is 429 g/mol. The van der Waals surface area contributed by atoms with Crippen molar-refractivity contribution in [3.8, 4) is 0 Å². The molecule has 11 nitrogen and oxygen atoms in total. The van der Waals surface area contributed by atoms with Crippen molar-refractivity contribution < 1.29 is 18.0 Å². The lowest BCUT2D eigenvalue weighted by atomic mass is 10.0. The third-order valence-electron chi connectivity index (χ3n) is 4.70. The summed E-state index contributed by atoms with van der Waals surface area (Å²) in [5.41, 5.74) is 7.17. The van der Waals surface area contributed by atoms with Gasteiger partial charge in [0.1, 0.15) is 0 Å². The van der Waals surface area contributed by atoms with Crippen LogP contribution in [-0.2, 0) is 14.9 Å². The number of benzene rings is 1. The zero-order valence-corrected chi connectivity index (χ0v) is 16.6. The number of imidazole rings is 1. The van der Waals surface area contributed by atoms with Crippen LogP contribution in [0.5, 0.6) is 0 Å². The van der Waals surface area contributed by atoms with Crippen LogP contribution in [0.3, 0.4) is 0 Å². The third kappa shape index (κ3) is 3.86. The van der Waals surface area contributed by atoms with Gasteiger partial charge in [-0.25, -0.2) is 28.2 Å². The second kappa shape index (κ2) is 8.16. The first-order valence-corrected chi connectivity index (χ1v) is 10.7. The number of amidine groups is 1. The average Bonchev–Trinajstić information content (AvgIpc) is 3.23. The number of aromatic amines is 1. The molecular weight excluding hydrogens is 410 g/mol. The highest BCUT2D eigenvalue weighted by atomic mass is 32.2. The largest absolute Gasteiger partial charge is 0.402 e. The first-order chi connectivity index (χ1) is 14.5. The second-order valence-corrected chi connectivity index (χ2v) is 8.46. The Morgan fingerprint density at radius 2 is 1.97 bits per heavy atom. The van der Waals surface area contributed by atoms with Crippen LogP contribution < -0.4 is 5.73 Å². The predicted molar refractivity (Wildman–Crippen MR) is 107 cm³/mol. The second-order valence-electron chi connectivity index (χ2n) is 6.65. The molecule has 0 amide bonds. The Kier molecular flexibility index (Phi) is 5.42. The number of nitrogens with two attached hydrogens (primary N) is 1. The highest BCUT2D eigenvalue weighted by Gasteiger charge is 2.38. The minimum Gasteiger partial charge on any atom is -0.383 e. The molecule has 4 rings (SSSR count). The van der Waals surface area contributed by atoms with E-state index in [1.165, 1.54) is 16.7 Å². The quantitative estimate of drug-likeness (QED) is 0.263. The van der Waals surface area contributed by atoms with Crippen molar-refractivity contribution in [2.75, 3.05) is 6.54 Å². The number of carbonyl (C=O) groups excluding carboxylic acids is 1. The van der Waals surface area contributed by atoms with Crippen LogP contribution in [0.4, 0.5) is 0 Å². The zero-order chi connectivity index (χ0) is 21.1. The van der Waals surface area contributed by atoms with Crippen LogP contribution in [0.15, 0.2) is 53.0 Å². The van der Waals surface area contributed by atoms with Crippen LogP contribution >= 0.6 is 0 Å². The first-order valence-electron chi connectivity index (χ1n) is 9.25. The fourth-order valence-corrected chi connectivity index (χ4v) is 4.84. The number of rotatable bonds is 5. The molecule has 2 aromatic heterocycles. The molecule has 1 aliphatic heterocycles. The Labute approximate surface area is 172 Å². The number of hydrogen-bond donors (Lipinski definition) is 2. The van der Waals surface area contributed by atoms with Gasteiger partial charge in [-0.05, 0) is 31.0 Å². The number of piperidine rings is 1. The van der Waals surface area contributed by atoms with Crippen molar-refractivity contribution in [1.29, 1.82) is 0 Å². The number of fused-ring (bicyclic) bond motifs is 1. The maximum absolute atomic E-state index is 13.2. The van der Waals surface area contributed by atoms with Gasteiger partial charge in [-0.3, -0.25) is 0 Å². The Balaban J connectivity index is 1.58. The summed E-state index contributed by atoms with van der Waals surface area (Å²) in [5, 5.41) is 3.48. The molecule has 1 aliphatic rings. The van der Waals surface area contributed by atoms with Gasteiger partial charge in [0.15, 0.2) is 5.84 Å². The van der Waals surface area contributed by atoms with Crippen LogP contribution in [0.25, 0.3) is 11.0 Å². The summed E-state index contributed by atoms with van der Waals surface area (Å²) < 4.78 is 27.7. The zero-order valence-electron chi connectivity index (χ0n) is 15.8. The molecule has 3 N–H and O–H groups in total. The van der Waals surface area contributed by atoms with E-state index in [1.807, 2.05) is 0 Å². The van der Waals surface area contributed by atoms with E-state index >= 15 is 0 Å². The van der Waals surface area contributed by atoms with E-state index in [0.717, 1.165) is 6.42 Å². The Hall–Kier alpha value is -3.38. The van der Waals surface area contributed by atoms with Crippen molar-refractivity contribution in [2.45, 2.75) is 30.5 Å². The van der Waals surface area contributed by atoms with Crippen LogP contribution in [0.2, 0.25) is 0 Å². The van der Waals surface area contributed by atoms with E-state index in [4.69, 9.17) is 10.6 Å². The van der Waals surface area contributed by atoms with Gasteiger partial charge in [0, 0.05) is 18.9 Å². The first kappa shape index (κ1) is 19.9. The number of nitrogens with zero attached hydrogens (tertiary/aromatic N) is 5. The highest BCUT2D eigenvalue weighted by molar-refractivity contribution is 7.89. The van der Waals surface area contributed by atoms with Gasteiger partial charge in [-0.2, -0.15) is 4.31 Å². The molecule has 1 unspecified atom stereocenters. The fraction of sp³-hybridized carbons (Fsp3) is 0.278. The molecule has 0 radical (unpaired) electrons. The van der Waals surface area contributed by atoms with E-state index in [-0.39, 0.29) is 23.4 Å². The van der Waals surface area contributed by atoms with E-state index in [9.17, 15) is 13.2 Å². The monoisotopic (exact) mass is 429 g/mol. The van der Waals surface area contributed by atoms with Gasteiger partial charge in [-0.1, -0.05) is 23.7 Å². The Bertz CT molecular complexity index is 1160. The molecule has 1 aromatic carbocycles. The van der Waals surface area contributed by atoms with Crippen molar-refractivity contribution in [2.24, 2.45) is 10.9 Å². The number of hydrogen-bond acceptors (Lipinski definition) is 8. The van der Waals surface area contributed by atoms with Gasteiger partial charge in [-0.15, -0.1) is 0 Å². The number of nitrogens with one attached hydrogen (secondary N) is 1. The van der Waals surface area contributed by atoms with Crippen LogP contribution in [-0.4, -0.2) is 57.1 Å². The molecule has 0 saturated carbocycles. The fourth-order valence-electron chi connectivity index (χ4n) is 3.25. The standard InChI is InChI=1S/C18H19N7O4S/c19-15(24-29-17(26)16-20-9-5-10-21-16)14-8-3-4-11-25(14)30(27,28)18-22-12-6-1-2-7-13(12)23-18/h1-2,5-7,9-10,14H,3-4,8,11H2,(H2,19,24)(H,22,23). The molecule has 12 heteroatoms. The third-order valence-corrected chi connectivity index (χ3v) is 6.43. The number of H-pyrrole nitrogens is 1. The SMILES string of the molecule is N/C(=N/OC(=O)c1ncccn1)C1CCCCN1S(=O)(=O)c1nc2ccccc2[nH]1. The summed E-state index contributed by atoms with van der Waals surface area (Å²) in [7, 11) is -3.97. The molecule has 3 heterocycles. The van der Waals surface area contributed by atoms with E-state index in [1.54, 1.807) is 30.3 Å². The lowest BCUT2D eigenvalue weighted by Gasteiger charge is -2.32. The summed E-state index contributed by atoms with van der Waals surface area (Å²) in [4.78, 5) is 31.4. The lowest BCUT2D eigenvalue weighted by molar-refractivity contribution is 0.0497. The van der Waals surface area contributed by atoms with Gasteiger partial charge in [0.05, 0.1) is 17.1 Å². The molecule has 156 valence electrons. The van der Waals surface area contributed by atoms with Gasteiger partial charge < -0.3 is 15.6 Å². The van der Waals surface area contributed by atoms with Crippen molar-refractivity contribution in [3.63, 3.8) is 0 Å². The molecule has 30 heavy (non-hydrogen) atoms. The topological polar surface area (TPSA) is 157 Å². The highest BCUT2D eigenvalue weighted by Crippen LogP contribution is 2.25. The van der Waals surface area contributed by atoms with Gasteiger partial charge in [0.25, 0.3) is 10.0 Å². The molecule has 0 aliphatic carbocycles.